The Kier molecular flexibility index (Phi) is 4.51. The van der Waals surface area contributed by atoms with Crippen molar-refractivity contribution < 1.29 is 4.74 Å². The molecule has 1 unspecified atom stereocenters. The first kappa shape index (κ1) is 13.3. The molecule has 2 nitrogen and oxygen atoms in total. The second-order valence-electron chi connectivity index (χ2n) is 5.41. The fourth-order valence-electron chi connectivity index (χ4n) is 2.87. The molecule has 0 aliphatic carbocycles. The summed E-state index contributed by atoms with van der Waals surface area (Å²) in [6, 6.07) is 8.42. The van der Waals surface area contributed by atoms with Crippen LogP contribution in [0.25, 0.3) is 0 Å². The van der Waals surface area contributed by atoms with Gasteiger partial charge >= 0.3 is 0 Å². The van der Waals surface area contributed by atoms with Gasteiger partial charge in [-0.1, -0.05) is 26.3 Å². The Morgan fingerprint density at radius 2 is 2.06 bits per heavy atom. The second-order valence-corrected chi connectivity index (χ2v) is 5.41. The zero-order valence-electron chi connectivity index (χ0n) is 11.9. The van der Waals surface area contributed by atoms with Crippen LogP contribution in [0, 0.1) is 11.8 Å². The van der Waals surface area contributed by atoms with Gasteiger partial charge in [-0.2, -0.15) is 0 Å². The van der Waals surface area contributed by atoms with Crippen molar-refractivity contribution in [1.82, 2.24) is 0 Å². The average molecular weight is 247 g/mol. The van der Waals surface area contributed by atoms with Gasteiger partial charge in [0.2, 0.25) is 0 Å². The zero-order valence-corrected chi connectivity index (χ0v) is 11.9. The van der Waals surface area contributed by atoms with Crippen molar-refractivity contribution in [1.29, 1.82) is 0 Å². The van der Waals surface area contributed by atoms with Crippen molar-refractivity contribution >= 4 is 5.69 Å². The van der Waals surface area contributed by atoms with Crippen LogP contribution in [0.15, 0.2) is 24.3 Å². The van der Waals surface area contributed by atoms with Crippen LogP contribution in [0.1, 0.15) is 33.1 Å². The lowest BCUT2D eigenvalue weighted by Gasteiger charge is -2.36. The maximum absolute atomic E-state index is 5.30. The van der Waals surface area contributed by atoms with Crippen LogP contribution in [0.3, 0.4) is 0 Å². The van der Waals surface area contributed by atoms with E-state index in [1.54, 1.807) is 7.11 Å². The van der Waals surface area contributed by atoms with E-state index in [1.165, 1.54) is 38.0 Å². The number of hydrogen-bond acceptors (Lipinski definition) is 2. The van der Waals surface area contributed by atoms with E-state index in [2.05, 4.69) is 36.9 Å². The van der Waals surface area contributed by atoms with Gasteiger partial charge in [-0.3, -0.25) is 0 Å². The molecule has 100 valence electrons. The van der Waals surface area contributed by atoms with E-state index in [4.69, 9.17) is 4.74 Å². The van der Waals surface area contributed by atoms with Crippen LogP contribution < -0.4 is 9.64 Å². The van der Waals surface area contributed by atoms with E-state index in [0.717, 1.165) is 17.6 Å². The van der Waals surface area contributed by atoms with E-state index < -0.39 is 0 Å². The van der Waals surface area contributed by atoms with Gasteiger partial charge in [-0.25, -0.2) is 0 Å². The molecule has 0 amide bonds. The van der Waals surface area contributed by atoms with Crippen LogP contribution in [-0.2, 0) is 0 Å². The first-order valence-electron chi connectivity index (χ1n) is 7.13. The van der Waals surface area contributed by atoms with Crippen molar-refractivity contribution in [2.75, 3.05) is 25.1 Å². The van der Waals surface area contributed by atoms with Gasteiger partial charge in [-0.15, -0.1) is 0 Å². The van der Waals surface area contributed by atoms with Crippen LogP contribution in [0.2, 0.25) is 0 Å². The smallest absolute Gasteiger partial charge is 0.120 e. The average Bonchev–Trinajstić information content (AvgIpc) is 2.46. The molecule has 1 aliphatic heterocycles. The molecule has 2 heteroatoms. The van der Waals surface area contributed by atoms with Gasteiger partial charge in [0.25, 0.3) is 0 Å². The van der Waals surface area contributed by atoms with E-state index in [-0.39, 0.29) is 0 Å². The number of rotatable bonds is 4. The summed E-state index contributed by atoms with van der Waals surface area (Å²) in [5, 5.41) is 0. The summed E-state index contributed by atoms with van der Waals surface area (Å²) < 4.78 is 5.30. The van der Waals surface area contributed by atoms with Crippen LogP contribution in [0.5, 0.6) is 5.75 Å². The molecule has 0 spiro atoms. The number of nitrogens with zero attached hydrogens (tertiary/aromatic N) is 1. The molecule has 1 aromatic carbocycles. The molecule has 0 radical (unpaired) electrons. The minimum Gasteiger partial charge on any atom is -0.497 e. The Balaban J connectivity index is 1.96. The van der Waals surface area contributed by atoms with E-state index in [0.29, 0.717) is 0 Å². The van der Waals surface area contributed by atoms with Gasteiger partial charge in [0.05, 0.1) is 7.11 Å². The van der Waals surface area contributed by atoms with Crippen LogP contribution in [-0.4, -0.2) is 20.2 Å². The van der Waals surface area contributed by atoms with E-state index in [1.807, 2.05) is 6.07 Å². The lowest BCUT2D eigenvalue weighted by molar-refractivity contribution is 0.286. The van der Waals surface area contributed by atoms with Crippen molar-refractivity contribution in [2.24, 2.45) is 11.8 Å². The number of benzene rings is 1. The third-order valence-corrected chi connectivity index (χ3v) is 4.41. The molecule has 18 heavy (non-hydrogen) atoms. The Labute approximate surface area is 111 Å². The van der Waals surface area contributed by atoms with Gasteiger partial charge in [0.1, 0.15) is 5.75 Å². The number of ether oxygens (including phenoxy) is 1. The third kappa shape index (κ3) is 2.98. The quantitative estimate of drug-likeness (QED) is 0.798. The Morgan fingerprint density at radius 1 is 1.33 bits per heavy atom. The third-order valence-electron chi connectivity index (χ3n) is 4.41. The van der Waals surface area contributed by atoms with Gasteiger partial charge in [0, 0.05) is 24.8 Å². The van der Waals surface area contributed by atoms with Gasteiger partial charge in [0.15, 0.2) is 0 Å². The molecule has 1 saturated heterocycles. The Hall–Kier alpha value is -1.18. The van der Waals surface area contributed by atoms with Crippen molar-refractivity contribution in [2.45, 2.75) is 33.1 Å². The lowest BCUT2D eigenvalue weighted by atomic mass is 9.84. The minimum atomic E-state index is 0.873. The maximum atomic E-state index is 5.30. The molecule has 2 rings (SSSR count). The molecule has 0 bridgehead atoms. The predicted octanol–water partition coefficient (Wildman–Crippen LogP) is 3.96. The fourth-order valence-corrected chi connectivity index (χ4v) is 2.87. The first-order chi connectivity index (χ1) is 8.74. The summed E-state index contributed by atoms with van der Waals surface area (Å²) in [6.07, 6.45) is 3.96. The summed E-state index contributed by atoms with van der Waals surface area (Å²) >= 11 is 0. The van der Waals surface area contributed by atoms with Crippen LogP contribution in [0.4, 0.5) is 5.69 Å². The molecule has 1 heterocycles. The summed E-state index contributed by atoms with van der Waals surface area (Å²) in [5.74, 6) is 2.74. The molecular formula is C16H25NO. The fraction of sp³-hybridized carbons (Fsp3) is 0.625. The van der Waals surface area contributed by atoms with Crippen LogP contribution >= 0.6 is 0 Å². The highest BCUT2D eigenvalue weighted by atomic mass is 16.5. The largest absolute Gasteiger partial charge is 0.497 e. The predicted molar refractivity (Wildman–Crippen MR) is 77.4 cm³/mol. The van der Waals surface area contributed by atoms with Crippen molar-refractivity contribution in [3.63, 3.8) is 0 Å². The molecule has 1 fully saturated rings. The molecule has 0 N–H and O–H groups in total. The lowest BCUT2D eigenvalue weighted by Crippen LogP contribution is -2.35. The number of piperidine rings is 1. The molecular weight excluding hydrogens is 222 g/mol. The first-order valence-corrected chi connectivity index (χ1v) is 7.13. The SMILES string of the molecule is CCC(C)C1CCN(c2cccc(OC)c2)CC1. The monoisotopic (exact) mass is 247 g/mol. The Bertz CT molecular complexity index is 369. The van der Waals surface area contributed by atoms with Gasteiger partial charge < -0.3 is 9.64 Å². The highest BCUT2D eigenvalue weighted by molar-refractivity contribution is 5.51. The highest BCUT2D eigenvalue weighted by Crippen LogP contribution is 2.30. The zero-order chi connectivity index (χ0) is 13.0. The molecule has 0 aromatic heterocycles. The van der Waals surface area contributed by atoms with Crippen molar-refractivity contribution in [3.8, 4) is 5.75 Å². The van der Waals surface area contributed by atoms with E-state index >= 15 is 0 Å². The number of anilines is 1. The standard InChI is InChI=1S/C16H25NO/c1-4-13(2)14-8-10-17(11-9-14)15-6-5-7-16(12-15)18-3/h5-7,12-14H,4,8-11H2,1-3H3. The van der Waals surface area contributed by atoms with Gasteiger partial charge in [-0.05, 0) is 36.8 Å². The topological polar surface area (TPSA) is 12.5 Å². The summed E-state index contributed by atoms with van der Waals surface area (Å²) in [5.41, 5.74) is 1.30. The summed E-state index contributed by atoms with van der Waals surface area (Å²) in [7, 11) is 1.73. The summed E-state index contributed by atoms with van der Waals surface area (Å²) in [6.45, 7) is 7.06. The second kappa shape index (κ2) is 6.12. The highest BCUT2D eigenvalue weighted by Gasteiger charge is 2.23. The molecule has 0 saturated carbocycles. The van der Waals surface area contributed by atoms with Crippen molar-refractivity contribution in [3.05, 3.63) is 24.3 Å². The summed E-state index contributed by atoms with van der Waals surface area (Å²) in [4.78, 5) is 2.49. The number of methoxy groups -OCH3 is 1. The normalized spacial score (nSPS) is 18.7. The maximum Gasteiger partial charge on any atom is 0.120 e. The molecule has 1 aromatic rings. The number of hydrogen-bond donors (Lipinski definition) is 0. The Morgan fingerprint density at radius 3 is 2.67 bits per heavy atom. The van der Waals surface area contributed by atoms with E-state index in [9.17, 15) is 0 Å². The molecule has 1 atom stereocenters. The molecule has 1 aliphatic rings. The minimum absolute atomic E-state index is 0.873.